The van der Waals surface area contributed by atoms with E-state index in [9.17, 15) is 4.79 Å². The Kier molecular flexibility index (Phi) is 7.96. The monoisotopic (exact) mass is 258 g/mol. The van der Waals surface area contributed by atoms with Gasteiger partial charge in [-0.05, 0) is 31.8 Å². The second-order valence-corrected chi connectivity index (χ2v) is 4.83. The van der Waals surface area contributed by atoms with Crippen molar-refractivity contribution in [1.29, 1.82) is 0 Å². The third-order valence-electron chi connectivity index (χ3n) is 3.32. The fourth-order valence-corrected chi connectivity index (χ4v) is 2.16. The number of carbonyl (C=O) groups is 1. The first-order chi connectivity index (χ1) is 8.75. The summed E-state index contributed by atoms with van der Waals surface area (Å²) in [5, 5.41) is 6.30. The Morgan fingerprint density at radius 2 is 2.22 bits per heavy atom. The molecule has 5 heteroatoms. The first kappa shape index (κ1) is 15.4. The zero-order valence-electron chi connectivity index (χ0n) is 11.5. The van der Waals surface area contributed by atoms with Crippen molar-refractivity contribution in [3.63, 3.8) is 0 Å². The van der Waals surface area contributed by atoms with E-state index >= 15 is 0 Å². The molecule has 2 unspecified atom stereocenters. The van der Waals surface area contributed by atoms with Crippen LogP contribution in [0.4, 0.5) is 0 Å². The molecule has 1 heterocycles. The van der Waals surface area contributed by atoms with Crippen molar-refractivity contribution in [2.24, 2.45) is 11.8 Å². The molecular weight excluding hydrogens is 232 g/mol. The maximum atomic E-state index is 11.9. The number of hydrogen-bond acceptors (Lipinski definition) is 4. The van der Waals surface area contributed by atoms with Crippen molar-refractivity contribution >= 4 is 5.91 Å². The average Bonchev–Trinajstić information content (AvgIpc) is 2.38. The van der Waals surface area contributed by atoms with Gasteiger partial charge in [0.25, 0.3) is 0 Å². The standard InChI is InChI=1S/C13H26N2O3/c1-11-10-14-6-4-12(11)13(16)15-5-3-7-18-9-8-17-2/h11-12,14H,3-10H2,1-2H3,(H,15,16). The molecule has 5 nitrogen and oxygen atoms in total. The number of ether oxygens (including phenoxy) is 2. The fourth-order valence-electron chi connectivity index (χ4n) is 2.16. The number of carbonyl (C=O) groups excluding carboxylic acids is 1. The maximum Gasteiger partial charge on any atom is 0.223 e. The molecule has 1 aliphatic rings. The van der Waals surface area contributed by atoms with Crippen molar-refractivity contribution in [3.8, 4) is 0 Å². The van der Waals surface area contributed by atoms with Crippen LogP contribution in [-0.4, -0.2) is 52.5 Å². The maximum absolute atomic E-state index is 11.9. The molecule has 1 aliphatic heterocycles. The summed E-state index contributed by atoms with van der Waals surface area (Å²) >= 11 is 0. The minimum atomic E-state index is 0.167. The first-order valence-electron chi connectivity index (χ1n) is 6.80. The van der Waals surface area contributed by atoms with Crippen molar-refractivity contribution in [2.45, 2.75) is 19.8 Å². The van der Waals surface area contributed by atoms with Crippen LogP contribution in [0.3, 0.4) is 0 Å². The molecule has 0 radical (unpaired) electrons. The van der Waals surface area contributed by atoms with Crippen LogP contribution in [0.15, 0.2) is 0 Å². The number of piperidine rings is 1. The van der Waals surface area contributed by atoms with Crippen molar-refractivity contribution in [1.82, 2.24) is 10.6 Å². The summed E-state index contributed by atoms with van der Waals surface area (Å²) in [6.45, 7) is 6.63. The molecule has 1 rings (SSSR count). The molecule has 0 aromatic carbocycles. The van der Waals surface area contributed by atoms with Gasteiger partial charge in [-0.1, -0.05) is 6.92 Å². The fraction of sp³-hybridized carbons (Fsp3) is 0.923. The molecule has 2 N–H and O–H groups in total. The molecule has 0 aliphatic carbocycles. The number of hydrogen-bond donors (Lipinski definition) is 2. The molecule has 18 heavy (non-hydrogen) atoms. The average molecular weight is 258 g/mol. The molecule has 0 aromatic rings. The first-order valence-corrected chi connectivity index (χ1v) is 6.80. The normalized spacial score (nSPS) is 23.9. The second-order valence-electron chi connectivity index (χ2n) is 4.83. The van der Waals surface area contributed by atoms with Gasteiger partial charge in [0.1, 0.15) is 0 Å². The molecule has 0 spiro atoms. The van der Waals surface area contributed by atoms with Crippen molar-refractivity contribution in [2.75, 3.05) is 46.6 Å². The number of amides is 1. The molecule has 0 aromatic heterocycles. The van der Waals surface area contributed by atoms with Crippen LogP contribution in [0.2, 0.25) is 0 Å². The third kappa shape index (κ3) is 5.80. The Labute approximate surface area is 110 Å². The van der Waals surface area contributed by atoms with Gasteiger partial charge in [-0.15, -0.1) is 0 Å². The van der Waals surface area contributed by atoms with E-state index < -0.39 is 0 Å². The smallest absolute Gasteiger partial charge is 0.223 e. The van der Waals surface area contributed by atoms with E-state index in [2.05, 4.69) is 17.6 Å². The minimum Gasteiger partial charge on any atom is -0.382 e. The Balaban J connectivity index is 2.02. The largest absolute Gasteiger partial charge is 0.382 e. The molecule has 1 fully saturated rings. The summed E-state index contributed by atoms with van der Waals surface area (Å²) in [5.74, 6) is 0.790. The summed E-state index contributed by atoms with van der Waals surface area (Å²) in [4.78, 5) is 11.9. The zero-order valence-corrected chi connectivity index (χ0v) is 11.5. The summed E-state index contributed by atoms with van der Waals surface area (Å²) in [5.41, 5.74) is 0. The third-order valence-corrected chi connectivity index (χ3v) is 3.32. The van der Waals surface area contributed by atoms with Gasteiger partial charge >= 0.3 is 0 Å². The number of nitrogens with one attached hydrogen (secondary N) is 2. The van der Waals surface area contributed by atoms with Crippen LogP contribution in [0.5, 0.6) is 0 Å². The number of rotatable bonds is 8. The van der Waals surface area contributed by atoms with E-state index in [1.54, 1.807) is 7.11 Å². The predicted octanol–water partition coefficient (Wildman–Crippen LogP) is 0.401. The molecule has 1 saturated heterocycles. The molecular formula is C13H26N2O3. The second kappa shape index (κ2) is 9.30. The van der Waals surface area contributed by atoms with E-state index in [-0.39, 0.29) is 11.8 Å². The highest BCUT2D eigenvalue weighted by molar-refractivity contribution is 5.79. The summed E-state index contributed by atoms with van der Waals surface area (Å²) in [7, 11) is 1.66. The topological polar surface area (TPSA) is 59.6 Å². The molecule has 2 atom stereocenters. The summed E-state index contributed by atoms with van der Waals surface area (Å²) < 4.78 is 10.2. The summed E-state index contributed by atoms with van der Waals surface area (Å²) in [6.07, 6.45) is 1.80. The lowest BCUT2D eigenvalue weighted by atomic mass is 9.87. The quantitative estimate of drug-likeness (QED) is 0.619. The highest BCUT2D eigenvalue weighted by Gasteiger charge is 2.26. The van der Waals surface area contributed by atoms with Crippen molar-refractivity contribution < 1.29 is 14.3 Å². The minimum absolute atomic E-state index is 0.167. The van der Waals surface area contributed by atoms with E-state index in [1.165, 1.54) is 0 Å². The molecule has 106 valence electrons. The van der Waals surface area contributed by atoms with E-state index in [1.807, 2.05) is 0 Å². The molecule has 0 saturated carbocycles. The zero-order chi connectivity index (χ0) is 13.2. The van der Waals surface area contributed by atoms with Crippen LogP contribution < -0.4 is 10.6 Å². The van der Waals surface area contributed by atoms with Crippen LogP contribution in [0, 0.1) is 11.8 Å². The van der Waals surface area contributed by atoms with Crippen LogP contribution in [0.1, 0.15) is 19.8 Å². The van der Waals surface area contributed by atoms with Crippen LogP contribution in [0.25, 0.3) is 0 Å². The van der Waals surface area contributed by atoms with Gasteiger partial charge < -0.3 is 20.1 Å². The van der Waals surface area contributed by atoms with E-state index in [4.69, 9.17) is 9.47 Å². The van der Waals surface area contributed by atoms with Gasteiger partial charge in [-0.25, -0.2) is 0 Å². The van der Waals surface area contributed by atoms with Gasteiger partial charge in [0.15, 0.2) is 0 Å². The van der Waals surface area contributed by atoms with Crippen LogP contribution in [-0.2, 0) is 14.3 Å². The Morgan fingerprint density at radius 3 is 2.94 bits per heavy atom. The Hall–Kier alpha value is -0.650. The van der Waals surface area contributed by atoms with E-state index in [0.717, 1.165) is 25.9 Å². The van der Waals surface area contributed by atoms with Gasteiger partial charge in [0, 0.05) is 26.2 Å². The lowest BCUT2D eigenvalue weighted by molar-refractivity contribution is -0.127. The highest BCUT2D eigenvalue weighted by atomic mass is 16.5. The lowest BCUT2D eigenvalue weighted by Gasteiger charge is -2.28. The van der Waals surface area contributed by atoms with Gasteiger partial charge in [0.05, 0.1) is 13.2 Å². The SMILES string of the molecule is COCCOCCCNC(=O)C1CCNCC1C. The lowest BCUT2D eigenvalue weighted by Crippen LogP contribution is -2.43. The predicted molar refractivity (Wildman–Crippen MR) is 70.5 cm³/mol. The Morgan fingerprint density at radius 1 is 1.39 bits per heavy atom. The molecule has 1 amide bonds. The van der Waals surface area contributed by atoms with Crippen LogP contribution >= 0.6 is 0 Å². The van der Waals surface area contributed by atoms with Crippen molar-refractivity contribution in [3.05, 3.63) is 0 Å². The van der Waals surface area contributed by atoms with Gasteiger partial charge in [-0.3, -0.25) is 4.79 Å². The van der Waals surface area contributed by atoms with Gasteiger partial charge in [-0.2, -0.15) is 0 Å². The number of methoxy groups -OCH3 is 1. The Bertz CT molecular complexity index is 236. The van der Waals surface area contributed by atoms with Gasteiger partial charge in [0.2, 0.25) is 5.91 Å². The van der Waals surface area contributed by atoms with E-state index in [0.29, 0.717) is 32.3 Å². The summed E-state index contributed by atoms with van der Waals surface area (Å²) in [6, 6.07) is 0. The molecule has 0 bridgehead atoms. The highest BCUT2D eigenvalue weighted by Crippen LogP contribution is 2.18.